The van der Waals surface area contributed by atoms with Gasteiger partial charge in [-0.25, -0.2) is 4.79 Å². The van der Waals surface area contributed by atoms with Crippen LogP contribution in [0.4, 0.5) is 4.79 Å². The van der Waals surface area contributed by atoms with Gasteiger partial charge in [-0.2, -0.15) is 0 Å². The molecule has 14 heteroatoms. The lowest BCUT2D eigenvalue weighted by Crippen LogP contribution is -2.58. The number of hydrogen-bond acceptors (Lipinski definition) is 14. The fourth-order valence-corrected chi connectivity index (χ4v) is 14.6. The van der Waals surface area contributed by atoms with Crippen molar-refractivity contribution in [1.82, 2.24) is 0 Å². The van der Waals surface area contributed by atoms with Crippen LogP contribution in [0.15, 0.2) is 11.6 Å². The van der Waals surface area contributed by atoms with Gasteiger partial charge in [0.25, 0.3) is 0 Å². The number of allylic oxidation sites excluding steroid dienone is 1. The number of hydrogen-bond donors (Lipinski definition) is 0. The third-order valence-corrected chi connectivity index (χ3v) is 18.3. The van der Waals surface area contributed by atoms with Gasteiger partial charge in [0.05, 0.1) is 78.6 Å². The lowest BCUT2D eigenvalue weighted by Gasteiger charge is -2.55. The zero-order chi connectivity index (χ0) is 47.5. The first-order valence-corrected chi connectivity index (χ1v) is 25.9. The van der Waals surface area contributed by atoms with Crippen molar-refractivity contribution in [3.63, 3.8) is 0 Å². The average molecular weight is 939 g/mol. The molecule has 5 saturated carbocycles. The molecule has 67 heavy (non-hydrogen) atoms. The molecular formula is C53H78O14. The highest BCUT2D eigenvalue weighted by Crippen LogP contribution is 2.59. The van der Waals surface area contributed by atoms with Crippen LogP contribution in [-0.4, -0.2) is 107 Å². The first-order valence-electron chi connectivity index (χ1n) is 25.9. The van der Waals surface area contributed by atoms with Crippen molar-refractivity contribution < 1.29 is 66.6 Å². The fourth-order valence-electron chi connectivity index (χ4n) is 14.6. The average Bonchev–Trinajstić information content (AvgIpc) is 3.21. The maximum absolute atomic E-state index is 15.2. The molecule has 0 aromatic rings. The summed E-state index contributed by atoms with van der Waals surface area (Å²) in [5.74, 6) is -1.92. The second-order valence-electron chi connectivity index (χ2n) is 24.4. The third kappa shape index (κ3) is 9.80. The van der Waals surface area contributed by atoms with E-state index in [1.807, 2.05) is 6.92 Å². The summed E-state index contributed by atoms with van der Waals surface area (Å²) in [5, 5.41) is 0. The maximum Gasteiger partial charge on any atom is 0.508 e. The summed E-state index contributed by atoms with van der Waals surface area (Å²) in [6, 6.07) is 0. The van der Waals surface area contributed by atoms with E-state index in [9.17, 15) is 14.4 Å². The van der Waals surface area contributed by atoms with Crippen LogP contribution in [0.1, 0.15) is 151 Å². The van der Waals surface area contributed by atoms with E-state index in [0.717, 1.165) is 31.3 Å². The summed E-state index contributed by atoms with van der Waals surface area (Å²) < 4.78 is 54.2. The smallest absolute Gasteiger partial charge is 0.465 e. The molecule has 11 unspecified atom stereocenters. The topological polar surface area (TPSA) is 168 Å². The van der Waals surface area contributed by atoms with Crippen LogP contribution >= 0.6 is 0 Å². The van der Waals surface area contributed by atoms with Crippen molar-refractivity contribution in [2.75, 3.05) is 59.5 Å². The van der Waals surface area contributed by atoms with Gasteiger partial charge < -0.3 is 42.6 Å². The van der Waals surface area contributed by atoms with Gasteiger partial charge in [0.2, 0.25) is 0 Å². The minimum Gasteiger partial charge on any atom is -0.465 e. The normalized spacial score (nSPS) is 39.6. The molecule has 6 bridgehead atoms. The summed E-state index contributed by atoms with van der Waals surface area (Å²) >= 11 is 0. The monoisotopic (exact) mass is 939 g/mol. The van der Waals surface area contributed by atoms with E-state index in [1.54, 1.807) is 0 Å². The zero-order valence-electron chi connectivity index (χ0n) is 41.2. The Morgan fingerprint density at radius 2 is 1.19 bits per heavy atom. The summed E-state index contributed by atoms with van der Waals surface area (Å²) in [4.78, 5) is 72.0. The van der Waals surface area contributed by atoms with Crippen molar-refractivity contribution >= 4 is 30.0 Å². The lowest BCUT2D eigenvalue weighted by atomic mass is 9.54. The van der Waals surface area contributed by atoms with Gasteiger partial charge in [-0.05, 0) is 101 Å². The molecule has 0 N–H and O–H groups in total. The largest absolute Gasteiger partial charge is 0.508 e. The standard InChI is InChI=1S/C53H78O14/c1-7-47(25-59-26-47)31-62-42(54)39-12-37-11-35(5)16-52(19-37,21-39)66-43(55)40-20-51(15-36(6)17-53(22-40,24-51)67-46(58)64-33-49(9-3)29-61-30-49)45(57)65-41-13-38-10-34(4)14-50(18-38,23-41)44(56)63-32-48(8-2)27-60-28-48/h10,34-37,39-41H,7-9,11-33H2,1-6H3. The van der Waals surface area contributed by atoms with E-state index in [2.05, 4.69) is 40.7 Å². The van der Waals surface area contributed by atoms with Crippen LogP contribution in [0.5, 0.6) is 0 Å². The van der Waals surface area contributed by atoms with Crippen molar-refractivity contribution in [3.05, 3.63) is 11.6 Å². The Hall–Kier alpha value is -3.23. The Kier molecular flexibility index (Phi) is 13.5. The maximum atomic E-state index is 15.2. The predicted molar refractivity (Wildman–Crippen MR) is 242 cm³/mol. The number of ether oxygens (including phenoxy) is 9. The molecular weight excluding hydrogens is 861 g/mol. The van der Waals surface area contributed by atoms with E-state index < -0.39 is 58.1 Å². The van der Waals surface area contributed by atoms with Crippen LogP contribution in [0, 0.1) is 62.6 Å². The van der Waals surface area contributed by atoms with E-state index in [4.69, 9.17) is 42.6 Å². The van der Waals surface area contributed by atoms with Crippen LogP contribution in [0.2, 0.25) is 0 Å². The van der Waals surface area contributed by atoms with Crippen LogP contribution in [-0.2, 0) is 61.8 Å². The highest BCUT2D eigenvalue weighted by molar-refractivity contribution is 5.82. The Labute approximate surface area is 397 Å². The van der Waals surface area contributed by atoms with Gasteiger partial charge in [-0.3, -0.25) is 19.2 Å². The third-order valence-electron chi connectivity index (χ3n) is 18.3. The SMILES string of the molecule is CCC1(COC(=O)OC23CC(C)CC(C(=O)OC4CC5=CC(C)CC(C(=O)OCC6(CC)COC6)(C5)C4)(CC(C(=O)OC45CC(C)CC(CC(C(=O)OCC6(CC)COC6)C4)C5)C2)C3)COC1. The van der Waals surface area contributed by atoms with Gasteiger partial charge in [0.1, 0.15) is 37.1 Å². The van der Waals surface area contributed by atoms with Gasteiger partial charge in [0, 0.05) is 32.1 Å². The first kappa shape index (κ1) is 48.8. The highest BCUT2D eigenvalue weighted by atomic mass is 16.7. The second-order valence-corrected chi connectivity index (χ2v) is 24.4. The Balaban J connectivity index is 0.952. The zero-order valence-corrected chi connectivity index (χ0v) is 41.2. The Bertz CT molecular complexity index is 1910. The summed E-state index contributed by atoms with van der Waals surface area (Å²) in [6.45, 7) is 16.7. The minimum atomic E-state index is -1.20. The number of fused-ring (bicyclic) bond motifs is 6. The molecule has 0 aromatic carbocycles. The molecule has 3 aliphatic heterocycles. The Morgan fingerprint density at radius 3 is 1.82 bits per heavy atom. The van der Waals surface area contributed by atoms with E-state index in [0.29, 0.717) is 117 Å². The fraction of sp³-hybridized carbons (Fsp3) is 0.868. The van der Waals surface area contributed by atoms with Crippen molar-refractivity contribution in [1.29, 1.82) is 0 Å². The molecule has 8 fully saturated rings. The molecule has 6 aliphatic carbocycles. The van der Waals surface area contributed by atoms with Crippen LogP contribution < -0.4 is 0 Å². The van der Waals surface area contributed by atoms with E-state index in [1.165, 1.54) is 0 Å². The molecule has 0 radical (unpaired) electrons. The number of rotatable bonds is 16. The van der Waals surface area contributed by atoms with E-state index in [-0.39, 0.29) is 77.7 Å². The summed E-state index contributed by atoms with van der Waals surface area (Å²) in [5.41, 5.74) is -3.51. The molecule has 0 spiro atoms. The summed E-state index contributed by atoms with van der Waals surface area (Å²) in [6.07, 6.45) is 10.1. The molecule has 9 rings (SSSR count). The predicted octanol–water partition coefficient (Wildman–Crippen LogP) is 8.64. The summed E-state index contributed by atoms with van der Waals surface area (Å²) in [7, 11) is 0. The quantitative estimate of drug-likeness (QED) is 0.0819. The second kappa shape index (κ2) is 18.5. The molecule has 11 atom stereocenters. The molecule has 374 valence electrons. The molecule has 0 aromatic heterocycles. The van der Waals surface area contributed by atoms with Gasteiger partial charge in [-0.1, -0.05) is 53.2 Å². The first-order chi connectivity index (χ1) is 31.9. The minimum absolute atomic E-state index is 0.0490. The highest BCUT2D eigenvalue weighted by Gasteiger charge is 2.63. The van der Waals surface area contributed by atoms with E-state index >= 15 is 9.59 Å². The molecule has 9 aliphatic rings. The van der Waals surface area contributed by atoms with Crippen LogP contribution in [0.3, 0.4) is 0 Å². The molecule has 0 amide bonds. The van der Waals surface area contributed by atoms with Crippen molar-refractivity contribution in [2.24, 2.45) is 62.6 Å². The van der Waals surface area contributed by atoms with Gasteiger partial charge in [-0.15, -0.1) is 0 Å². The Morgan fingerprint density at radius 1 is 0.582 bits per heavy atom. The van der Waals surface area contributed by atoms with Crippen LogP contribution in [0.25, 0.3) is 0 Å². The molecule has 3 heterocycles. The van der Waals surface area contributed by atoms with Gasteiger partial charge in [0.15, 0.2) is 0 Å². The lowest BCUT2D eigenvalue weighted by molar-refractivity contribution is -0.208. The number of carbonyl (C=O) groups excluding carboxylic acids is 5. The number of esters is 4. The molecule has 3 saturated heterocycles. The van der Waals surface area contributed by atoms with Crippen molar-refractivity contribution in [2.45, 2.75) is 168 Å². The van der Waals surface area contributed by atoms with Crippen molar-refractivity contribution in [3.8, 4) is 0 Å². The van der Waals surface area contributed by atoms with Gasteiger partial charge >= 0.3 is 30.0 Å². The molecule has 14 nitrogen and oxygen atoms in total. The number of carbonyl (C=O) groups is 5.